The van der Waals surface area contributed by atoms with Gasteiger partial charge in [0.1, 0.15) is 12.6 Å². The summed E-state index contributed by atoms with van der Waals surface area (Å²) >= 11 is 12.6. The molecule has 0 bridgehead atoms. The van der Waals surface area contributed by atoms with Gasteiger partial charge < -0.3 is 10.2 Å². The Bertz CT molecular complexity index is 1680. The van der Waals surface area contributed by atoms with E-state index >= 15 is 0 Å². The van der Waals surface area contributed by atoms with E-state index in [-0.39, 0.29) is 45.4 Å². The summed E-state index contributed by atoms with van der Waals surface area (Å²) in [7, 11) is -4.26. The fourth-order valence-electron chi connectivity index (χ4n) is 4.81. The largest absolute Gasteiger partial charge is 0.354 e. The van der Waals surface area contributed by atoms with Gasteiger partial charge in [-0.05, 0) is 54.3 Å². The van der Waals surface area contributed by atoms with E-state index in [0.717, 1.165) is 21.0 Å². The van der Waals surface area contributed by atoms with Gasteiger partial charge in [-0.3, -0.25) is 13.9 Å². The van der Waals surface area contributed by atoms with E-state index in [0.29, 0.717) is 6.54 Å². The van der Waals surface area contributed by atoms with Gasteiger partial charge in [0.2, 0.25) is 11.8 Å². The lowest BCUT2D eigenvalue weighted by Crippen LogP contribution is -2.53. The van der Waals surface area contributed by atoms with E-state index in [1.54, 1.807) is 12.1 Å². The highest BCUT2D eigenvalue weighted by atomic mass is 35.5. The highest BCUT2D eigenvalue weighted by molar-refractivity contribution is 7.92. The van der Waals surface area contributed by atoms with Crippen molar-refractivity contribution in [2.24, 2.45) is 5.92 Å². The van der Waals surface area contributed by atoms with E-state index < -0.39 is 28.5 Å². The van der Waals surface area contributed by atoms with Crippen LogP contribution < -0.4 is 9.62 Å². The number of hydrogen-bond acceptors (Lipinski definition) is 4. The molecule has 2 amide bonds. The van der Waals surface area contributed by atoms with Gasteiger partial charge in [0, 0.05) is 29.6 Å². The SMILES string of the molecule is Cc1ccc(S(=O)(=O)N(CC(=O)N(Cc2ccccc2)[C@@H](Cc2ccccc2)C(=O)NCC(C)C)c2cc(Cl)cc(Cl)c2)cc1. The first kappa shape index (κ1) is 34.0. The number of amides is 2. The molecule has 45 heavy (non-hydrogen) atoms. The lowest BCUT2D eigenvalue weighted by Gasteiger charge is -2.34. The Morgan fingerprint density at radius 3 is 1.91 bits per heavy atom. The van der Waals surface area contributed by atoms with Crippen LogP contribution in [0.25, 0.3) is 0 Å². The third-order valence-corrected chi connectivity index (χ3v) is 9.40. The van der Waals surface area contributed by atoms with Crippen molar-refractivity contribution in [3.05, 3.63) is 130 Å². The number of hydrogen-bond donors (Lipinski definition) is 1. The molecule has 0 heterocycles. The molecule has 7 nitrogen and oxygen atoms in total. The van der Waals surface area contributed by atoms with Crippen LogP contribution in [0, 0.1) is 12.8 Å². The molecule has 4 aromatic rings. The van der Waals surface area contributed by atoms with Crippen molar-refractivity contribution in [3.8, 4) is 0 Å². The van der Waals surface area contributed by atoms with Crippen molar-refractivity contribution in [3.63, 3.8) is 0 Å². The Hall–Kier alpha value is -3.85. The summed E-state index contributed by atoms with van der Waals surface area (Å²) in [4.78, 5) is 29.8. The molecule has 0 unspecified atom stereocenters. The average Bonchev–Trinajstić information content (AvgIpc) is 3.01. The molecule has 236 valence electrons. The number of nitrogens with zero attached hydrogens (tertiary/aromatic N) is 2. The molecule has 0 spiro atoms. The van der Waals surface area contributed by atoms with E-state index in [1.807, 2.05) is 81.4 Å². The van der Waals surface area contributed by atoms with Crippen LogP contribution in [0.3, 0.4) is 0 Å². The first-order chi connectivity index (χ1) is 21.4. The fraction of sp³-hybridized carbons (Fsp3) is 0.257. The van der Waals surface area contributed by atoms with E-state index in [4.69, 9.17) is 23.2 Å². The van der Waals surface area contributed by atoms with Crippen LogP contribution in [-0.4, -0.2) is 44.3 Å². The van der Waals surface area contributed by atoms with Crippen LogP contribution in [-0.2, 0) is 32.6 Å². The maximum absolute atomic E-state index is 14.5. The lowest BCUT2D eigenvalue weighted by molar-refractivity contribution is -0.140. The number of aryl methyl sites for hydroxylation is 1. The summed E-state index contributed by atoms with van der Waals surface area (Å²) in [6, 6.07) is 28.6. The number of carbonyl (C=O) groups is 2. The Morgan fingerprint density at radius 1 is 0.800 bits per heavy atom. The minimum absolute atomic E-state index is 0.00196. The second kappa shape index (κ2) is 15.4. The number of halogens is 2. The van der Waals surface area contributed by atoms with Gasteiger partial charge in [-0.15, -0.1) is 0 Å². The molecule has 0 aromatic heterocycles. The van der Waals surface area contributed by atoms with Gasteiger partial charge >= 0.3 is 0 Å². The molecule has 0 saturated heterocycles. The van der Waals surface area contributed by atoms with Gasteiger partial charge in [0.15, 0.2) is 0 Å². The van der Waals surface area contributed by atoms with Crippen LogP contribution in [0.1, 0.15) is 30.5 Å². The minimum atomic E-state index is -4.26. The highest BCUT2D eigenvalue weighted by Crippen LogP contribution is 2.30. The van der Waals surface area contributed by atoms with Gasteiger partial charge in [0.25, 0.3) is 10.0 Å². The third-order valence-electron chi connectivity index (χ3n) is 7.17. The maximum atomic E-state index is 14.5. The summed E-state index contributed by atoms with van der Waals surface area (Å²) in [5.41, 5.74) is 2.66. The quantitative estimate of drug-likeness (QED) is 0.168. The molecular formula is C35H37Cl2N3O4S. The van der Waals surface area contributed by atoms with Crippen LogP contribution >= 0.6 is 23.2 Å². The van der Waals surface area contributed by atoms with E-state index in [2.05, 4.69) is 5.32 Å². The number of benzene rings is 4. The Kier molecular flexibility index (Phi) is 11.7. The summed E-state index contributed by atoms with van der Waals surface area (Å²) < 4.78 is 29.3. The predicted molar refractivity (Wildman–Crippen MR) is 181 cm³/mol. The van der Waals surface area contributed by atoms with Crippen molar-refractivity contribution < 1.29 is 18.0 Å². The third kappa shape index (κ3) is 9.33. The first-order valence-electron chi connectivity index (χ1n) is 14.6. The van der Waals surface area contributed by atoms with Crippen molar-refractivity contribution >= 4 is 50.7 Å². The molecular weight excluding hydrogens is 629 g/mol. The zero-order valence-corrected chi connectivity index (χ0v) is 27.8. The molecule has 10 heteroatoms. The first-order valence-corrected chi connectivity index (χ1v) is 16.8. The molecule has 0 aliphatic heterocycles. The minimum Gasteiger partial charge on any atom is -0.354 e. The molecule has 0 fully saturated rings. The molecule has 1 atom stereocenters. The van der Waals surface area contributed by atoms with Gasteiger partial charge in [-0.25, -0.2) is 8.42 Å². The number of anilines is 1. The monoisotopic (exact) mass is 665 g/mol. The Labute approximate surface area is 275 Å². The topological polar surface area (TPSA) is 86.8 Å². The van der Waals surface area contributed by atoms with Gasteiger partial charge in [-0.1, -0.05) is 115 Å². The van der Waals surface area contributed by atoms with Gasteiger partial charge in [-0.2, -0.15) is 0 Å². The molecule has 0 aliphatic rings. The fourth-order valence-corrected chi connectivity index (χ4v) is 6.72. The normalized spacial score (nSPS) is 12.0. The molecule has 1 N–H and O–H groups in total. The number of carbonyl (C=O) groups excluding carboxylic acids is 2. The number of rotatable bonds is 13. The second-order valence-electron chi connectivity index (χ2n) is 11.3. The summed E-state index contributed by atoms with van der Waals surface area (Å²) in [5.74, 6) is -0.700. The Morgan fingerprint density at radius 2 is 1.36 bits per heavy atom. The number of sulfonamides is 1. The molecule has 4 aromatic carbocycles. The second-order valence-corrected chi connectivity index (χ2v) is 14.0. The van der Waals surface area contributed by atoms with Crippen molar-refractivity contribution in [2.45, 2.75) is 44.7 Å². The zero-order valence-electron chi connectivity index (χ0n) is 25.5. The highest BCUT2D eigenvalue weighted by Gasteiger charge is 2.35. The van der Waals surface area contributed by atoms with E-state index in [9.17, 15) is 18.0 Å². The average molecular weight is 667 g/mol. The zero-order chi connectivity index (χ0) is 32.6. The molecule has 0 aliphatic carbocycles. The molecule has 0 saturated carbocycles. The Balaban J connectivity index is 1.81. The van der Waals surface area contributed by atoms with Crippen LogP contribution in [0.2, 0.25) is 10.0 Å². The summed E-state index contributed by atoms with van der Waals surface area (Å²) in [6.45, 7) is 5.75. The summed E-state index contributed by atoms with van der Waals surface area (Å²) in [5, 5.41) is 3.41. The smallest absolute Gasteiger partial charge is 0.264 e. The van der Waals surface area contributed by atoms with E-state index in [1.165, 1.54) is 35.2 Å². The van der Waals surface area contributed by atoms with Crippen molar-refractivity contribution in [1.29, 1.82) is 0 Å². The van der Waals surface area contributed by atoms with Crippen LogP contribution in [0.15, 0.2) is 108 Å². The molecule has 4 rings (SSSR count). The number of nitrogens with one attached hydrogen (secondary N) is 1. The summed E-state index contributed by atoms with van der Waals surface area (Å²) in [6.07, 6.45) is 0.233. The maximum Gasteiger partial charge on any atom is 0.264 e. The van der Waals surface area contributed by atoms with Crippen molar-refractivity contribution in [2.75, 3.05) is 17.4 Å². The van der Waals surface area contributed by atoms with Gasteiger partial charge in [0.05, 0.1) is 10.6 Å². The standard InChI is InChI=1S/C35H37Cl2N3O4S/c1-25(2)22-38-35(42)33(18-27-10-6-4-7-11-27)39(23-28-12-8-5-9-13-28)34(41)24-40(31-20-29(36)19-30(37)21-31)45(43,44)32-16-14-26(3)15-17-32/h4-17,19-21,25,33H,18,22-24H2,1-3H3,(H,38,42)/t33-/m0/s1. The molecule has 0 radical (unpaired) electrons. The predicted octanol–water partition coefficient (Wildman–Crippen LogP) is 6.91. The lowest BCUT2D eigenvalue weighted by atomic mass is 10.0. The van der Waals surface area contributed by atoms with Crippen LogP contribution in [0.5, 0.6) is 0 Å². The van der Waals surface area contributed by atoms with Crippen LogP contribution in [0.4, 0.5) is 5.69 Å². The van der Waals surface area contributed by atoms with Crippen molar-refractivity contribution in [1.82, 2.24) is 10.2 Å².